The van der Waals surface area contributed by atoms with E-state index in [0.29, 0.717) is 22.0 Å². The van der Waals surface area contributed by atoms with Gasteiger partial charge in [0.15, 0.2) is 0 Å². The van der Waals surface area contributed by atoms with Gasteiger partial charge in [0.25, 0.3) is 5.56 Å². The molecular formula is C12H11ClN2O2. The Hall–Kier alpha value is -1.81. The van der Waals surface area contributed by atoms with Gasteiger partial charge in [-0.3, -0.25) is 4.79 Å². The Morgan fingerprint density at radius 2 is 2.18 bits per heavy atom. The highest BCUT2D eigenvalue weighted by Gasteiger charge is 2.09. The van der Waals surface area contributed by atoms with Gasteiger partial charge in [0, 0.05) is 11.1 Å². The molecule has 1 heterocycles. The number of H-pyrrole nitrogens is 1. The summed E-state index contributed by atoms with van der Waals surface area (Å²) in [5, 5.41) is 0.527. The second-order valence-corrected chi connectivity index (χ2v) is 3.96. The van der Waals surface area contributed by atoms with Crippen molar-refractivity contribution in [2.75, 3.05) is 7.11 Å². The van der Waals surface area contributed by atoms with Crippen molar-refractivity contribution in [3.8, 4) is 17.0 Å². The van der Waals surface area contributed by atoms with Crippen LogP contribution in [0.1, 0.15) is 5.56 Å². The van der Waals surface area contributed by atoms with Crippen LogP contribution in [0.25, 0.3) is 11.3 Å². The molecule has 0 amide bonds. The molecule has 1 N–H and O–H groups in total. The van der Waals surface area contributed by atoms with Gasteiger partial charge < -0.3 is 9.72 Å². The smallest absolute Gasteiger partial charge is 0.254 e. The van der Waals surface area contributed by atoms with Crippen LogP contribution in [0.4, 0.5) is 0 Å². The van der Waals surface area contributed by atoms with Crippen LogP contribution in [0.5, 0.6) is 5.75 Å². The van der Waals surface area contributed by atoms with E-state index in [2.05, 4.69) is 9.97 Å². The first kappa shape index (κ1) is 11.7. The van der Waals surface area contributed by atoms with Crippen LogP contribution < -0.4 is 10.3 Å². The second-order valence-electron chi connectivity index (χ2n) is 3.55. The number of methoxy groups -OCH3 is 1. The molecular weight excluding hydrogens is 240 g/mol. The van der Waals surface area contributed by atoms with Crippen LogP contribution >= 0.6 is 11.6 Å². The fourth-order valence-corrected chi connectivity index (χ4v) is 1.76. The zero-order valence-corrected chi connectivity index (χ0v) is 10.2. The lowest BCUT2D eigenvalue weighted by molar-refractivity contribution is 0.415. The van der Waals surface area contributed by atoms with E-state index in [1.807, 2.05) is 0 Å². The number of benzene rings is 1. The summed E-state index contributed by atoms with van der Waals surface area (Å²) in [7, 11) is 1.54. The topological polar surface area (TPSA) is 55.0 Å². The molecule has 0 radical (unpaired) electrons. The first-order chi connectivity index (χ1) is 8.13. The third-order valence-electron chi connectivity index (χ3n) is 2.51. The quantitative estimate of drug-likeness (QED) is 0.891. The molecule has 0 aliphatic rings. The summed E-state index contributed by atoms with van der Waals surface area (Å²) in [5.41, 5.74) is 1.85. The highest BCUT2D eigenvalue weighted by atomic mass is 35.5. The lowest BCUT2D eigenvalue weighted by Gasteiger charge is -2.07. The molecule has 0 fully saturated rings. The number of aromatic nitrogens is 2. The first-order valence-electron chi connectivity index (χ1n) is 5.01. The number of rotatable bonds is 2. The van der Waals surface area contributed by atoms with Crippen molar-refractivity contribution in [1.29, 1.82) is 0 Å². The van der Waals surface area contributed by atoms with E-state index in [9.17, 15) is 4.79 Å². The van der Waals surface area contributed by atoms with E-state index in [0.717, 1.165) is 5.56 Å². The minimum absolute atomic E-state index is 0.149. The number of hydrogen-bond donors (Lipinski definition) is 1. The van der Waals surface area contributed by atoms with Gasteiger partial charge in [-0.15, -0.1) is 0 Å². The van der Waals surface area contributed by atoms with Gasteiger partial charge in [-0.2, -0.15) is 0 Å². The number of ether oxygens (including phenoxy) is 1. The molecule has 2 rings (SSSR count). The van der Waals surface area contributed by atoms with Gasteiger partial charge in [0.05, 0.1) is 24.2 Å². The maximum atomic E-state index is 11.5. The molecule has 0 unspecified atom stereocenters. The molecule has 1 aromatic heterocycles. The molecule has 0 saturated heterocycles. The molecule has 0 atom stereocenters. The minimum atomic E-state index is -0.149. The van der Waals surface area contributed by atoms with Crippen LogP contribution in [0.2, 0.25) is 5.02 Å². The largest absolute Gasteiger partial charge is 0.495 e. The Bertz CT molecular complexity index is 608. The van der Waals surface area contributed by atoms with E-state index in [4.69, 9.17) is 16.3 Å². The summed E-state index contributed by atoms with van der Waals surface area (Å²) < 4.78 is 5.13. The maximum absolute atomic E-state index is 11.5. The molecule has 0 aliphatic carbocycles. The normalized spacial score (nSPS) is 10.3. The number of nitrogens with one attached hydrogen (secondary N) is 1. The van der Waals surface area contributed by atoms with Crippen molar-refractivity contribution in [3.05, 3.63) is 45.5 Å². The van der Waals surface area contributed by atoms with Crippen LogP contribution in [-0.2, 0) is 0 Å². The van der Waals surface area contributed by atoms with E-state index < -0.39 is 0 Å². The molecule has 4 nitrogen and oxygen atoms in total. The molecule has 88 valence electrons. The number of hydrogen-bond acceptors (Lipinski definition) is 3. The Morgan fingerprint density at radius 3 is 2.88 bits per heavy atom. The average molecular weight is 251 g/mol. The fraction of sp³-hybridized carbons (Fsp3) is 0.167. The summed E-state index contributed by atoms with van der Waals surface area (Å²) in [6.07, 6.45) is 1.38. The Morgan fingerprint density at radius 1 is 1.41 bits per heavy atom. The fourth-order valence-electron chi connectivity index (χ4n) is 1.57. The average Bonchev–Trinajstić information content (AvgIpc) is 2.34. The van der Waals surface area contributed by atoms with E-state index >= 15 is 0 Å². The molecule has 0 bridgehead atoms. The number of halogens is 1. The summed E-state index contributed by atoms with van der Waals surface area (Å²) >= 11 is 5.94. The molecule has 1 aromatic carbocycles. The van der Waals surface area contributed by atoms with Gasteiger partial charge in [-0.1, -0.05) is 17.7 Å². The zero-order chi connectivity index (χ0) is 12.4. The van der Waals surface area contributed by atoms with Crippen LogP contribution in [-0.4, -0.2) is 17.1 Å². The lowest BCUT2D eigenvalue weighted by atomic mass is 10.1. The van der Waals surface area contributed by atoms with E-state index in [1.165, 1.54) is 6.33 Å². The van der Waals surface area contributed by atoms with Gasteiger partial charge in [-0.25, -0.2) is 4.98 Å². The summed E-state index contributed by atoms with van der Waals surface area (Å²) in [6, 6.07) is 5.29. The van der Waals surface area contributed by atoms with Gasteiger partial charge in [0.1, 0.15) is 5.75 Å². The van der Waals surface area contributed by atoms with Crippen molar-refractivity contribution in [2.24, 2.45) is 0 Å². The molecule has 0 aliphatic heterocycles. The third-order valence-corrected chi connectivity index (χ3v) is 2.82. The SMILES string of the molecule is COc1cc(-c2nc[nH]c(=O)c2C)ccc1Cl. The van der Waals surface area contributed by atoms with Crippen molar-refractivity contribution >= 4 is 11.6 Å². The predicted molar refractivity (Wildman–Crippen MR) is 66.6 cm³/mol. The summed E-state index contributed by atoms with van der Waals surface area (Å²) in [6.45, 7) is 1.72. The Kier molecular flexibility index (Phi) is 3.15. The van der Waals surface area contributed by atoms with Crippen molar-refractivity contribution in [3.63, 3.8) is 0 Å². The first-order valence-corrected chi connectivity index (χ1v) is 5.39. The van der Waals surface area contributed by atoms with Crippen molar-refractivity contribution in [2.45, 2.75) is 6.92 Å². The van der Waals surface area contributed by atoms with Crippen molar-refractivity contribution < 1.29 is 4.74 Å². The molecule has 0 saturated carbocycles. The molecule has 0 spiro atoms. The van der Waals surface area contributed by atoms with Crippen LogP contribution in [0.15, 0.2) is 29.3 Å². The zero-order valence-electron chi connectivity index (χ0n) is 9.45. The van der Waals surface area contributed by atoms with Gasteiger partial charge in [0.2, 0.25) is 0 Å². The lowest BCUT2D eigenvalue weighted by Crippen LogP contribution is -2.11. The Balaban J connectivity index is 2.61. The van der Waals surface area contributed by atoms with Gasteiger partial charge >= 0.3 is 0 Å². The van der Waals surface area contributed by atoms with Crippen LogP contribution in [0, 0.1) is 6.92 Å². The summed E-state index contributed by atoms with van der Waals surface area (Å²) in [5.74, 6) is 0.561. The third kappa shape index (κ3) is 2.17. The van der Waals surface area contributed by atoms with E-state index in [-0.39, 0.29) is 5.56 Å². The maximum Gasteiger partial charge on any atom is 0.254 e. The minimum Gasteiger partial charge on any atom is -0.495 e. The molecule has 17 heavy (non-hydrogen) atoms. The standard InChI is InChI=1S/C12H11ClN2O2/c1-7-11(14-6-15-12(7)16)8-3-4-9(13)10(5-8)17-2/h3-6H,1-2H3,(H,14,15,16). The molecule has 5 heteroatoms. The number of nitrogens with zero attached hydrogens (tertiary/aromatic N) is 1. The van der Waals surface area contributed by atoms with E-state index in [1.54, 1.807) is 32.2 Å². The highest BCUT2D eigenvalue weighted by Crippen LogP contribution is 2.29. The number of aromatic amines is 1. The Labute approximate surface area is 103 Å². The van der Waals surface area contributed by atoms with Crippen molar-refractivity contribution in [1.82, 2.24) is 9.97 Å². The predicted octanol–water partition coefficient (Wildman–Crippen LogP) is 2.41. The van der Waals surface area contributed by atoms with Crippen LogP contribution in [0.3, 0.4) is 0 Å². The molecule has 2 aromatic rings. The highest BCUT2D eigenvalue weighted by molar-refractivity contribution is 6.32. The van der Waals surface area contributed by atoms with Gasteiger partial charge in [-0.05, 0) is 19.1 Å². The second kappa shape index (κ2) is 4.59. The monoisotopic (exact) mass is 250 g/mol. The summed E-state index contributed by atoms with van der Waals surface area (Å²) in [4.78, 5) is 18.2.